The molecule has 0 amide bonds. The predicted octanol–water partition coefficient (Wildman–Crippen LogP) is 5.57. The average Bonchev–Trinajstić information content (AvgIpc) is 3.07. The fraction of sp³-hybridized carbons (Fsp3) is 0.429. The number of fused-ring (bicyclic) bond motifs is 1. The monoisotopic (exact) mass is 338 g/mol. The highest BCUT2D eigenvalue weighted by atomic mass is 32.2. The summed E-state index contributed by atoms with van der Waals surface area (Å²) in [6.07, 6.45) is 6.94. The molecule has 2 aromatic rings. The normalized spacial score (nSPS) is 23.9. The van der Waals surface area contributed by atoms with Gasteiger partial charge in [-0.2, -0.15) is 0 Å². The number of hydrogen-bond donors (Lipinski definition) is 1. The second-order valence-electron chi connectivity index (χ2n) is 6.93. The Balaban J connectivity index is 1.44. The highest BCUT2D eigenvalue weighted by Gasteiger charge is 2.35. The van der Waals surface area contributed by atoms with Gasteiger partial charge in [0.05, 0.1) is 0 Å². The van der Waals surface area contributed by atoms with Gasteiger partial charge >= 0.3 is 0 Å². The highest BCUT2D eigenvalue weighted by Crippen LogP contribution is 2.40. The third-order valence-electron chi connectivity index (χ3n) is 5.49. The van der Waals surface area contributed by atoms with Crippen LogP contribution < -0.4 is 5.32 Å². The molecule has 1 N–H and O–H groups in total. The first-order valence-electron chi connectivity index (χ1n) is 9.15. The van der Waals surface area contributed by atoms with Gasteiger partial charge < -0.3 is 5.32 Å². The van der Waals surface area contributed by atoms with E-state index < -0.39 is 0 Å². The molecule has 0 aliphatic carbocycles. The summed E-state index contributed by atoms with van der Waals surface area (Å²) in [5, 5.41) is 3.17. The third kappa shape index (κ3) is 3.33. The van der Waals surface area contributed by atoms with E-state index in [2.05, 4.69) is 58.7 Å². The summed E-state index contributed by atoms with van der Waals surface area (Å²) in [7, 11) is 1.96. The van der Waals surface area contributed by atoms with E-state index in [1.54, 1.807) is 0 Å². The molecule has 0 saturated carbocycles. The number of hydrogen-bond acceptors (Lipinski definition) is 3. The van der Waals surface area contributed by atoms with Gasteiger partial charge in [-0.1, -0.05) is 30.3 Å². The SMILES string of the molecule is CNc1ccc(Sc2ccc([C@@H]3CC[C@H]4CCCCN43)cc2)cc1. The zero-order valence-electron chi connectivity index (χ0n) is 14.4. The molecule has 0 radical (unpaired) electrons. The average molecular weight is 339 g/mol. The van der Waals surface area contributed by atoms with Crippen LogP contribution in [0.5, 0.6) is 0 Å². The Bertz CT molecular complexity index is 665. The van der Waals surface area contributed by atoms with Crippen molar-refractivity contribution in [1.29, 1.82) is 0 Å². The van der Waals surface area contributed by atoms with Crippen molar-refractivity contribution >= 4 is 17.4 Å². The first-order chi connectivity index (χ1) is 11.8. The van der Waals surface area contributed by atoms with Crippen molar-refractivity contribution in [1.82, 2.24) is 4.90 Å². The van der Waals surface area contributed by atoms with Gasteiger partial charge in [-0.25, -0.2) is 0 Å². The van der Waals surface area contributed by atoms with E-state index in [9.17, 15) is 0 Å². The number of rotatable bonds is 4. The van der Waals surface area contributed by atoms with Crippen molar-refractivity contribution in [2.24, 2.45) is 0 Å². The second kappa shape index (κ2) is 7.20. The summed E-state index contributed by atoms with van der Waals surface area (Å²) in [5.74, 6) is 0. The van der Waals surface area contributed by atoms with Crippen molar-refractivity contribution in [3.63, 3.8) is 0 Å². The molecular weight excluding hydrogens is 312 g/mol. The molecule has 0 spiro atoms. The Morgan fingerprint density at radius 3 is 2.29 bits per heavy atom. The molecule has 0 aromatic heterocycles. The van der Waals surface area contributed by atoms with Crippen LogP contribution in [-0.2, 0) is 0 Å². The van der Waals surface area contributed by atoms with Crippen LogP contribution in [0.4, 0.5) is 5.69 Å². The number of nitrogens with zero attached hydrogens (tertiary/aromatic N) is 1. The van der Waals surface area contributed by atoms with Gasteiger partial charge in [0.1, 0.15) is 0 Å². The molecule has 0 unspecified atom stereocenters. The maximum absolute atomic E-state index is 3.17. The van der Waals surface area contributed by atoms with Gasteiger partial charge in [0.25, 0.3) is 0 Å². The van der Waals surface area contributed by atoms with Crippen LogP contribution in [0.3, 0.4) is 0 Å². The van der Waals surface area contributed by atoms with Crippen LogP contribution in [-0.4, -0.2) is 24.5 Å². The quantitative estimate of drug-likeness (QED) is 0.784. The summed E-state index contributed by atoms with van der Waals surface area (Å²) in [6, 6.07) is 19.4. The second-order valence-corrected chi connectivity index (χ2v) is 8.07. The molecule has 0 bridgehead atoms. The minimum Gasteiger partial charge on any atom is -0.388 e. The van der Waals surface area contributed by atoms with Gasteiger partial charge in [-0.05, 0) is 74.2 Å². The molecule has 2 saturated heterocycles. The predicted molar refractivity (Wildman–Crippen MR) is 103 cm³/mol. The van der Waals surface area contributed by atoms with Gasteiger partial charge in [0, 0.05) is 34.6 Å². The van der Waals surface area contributed by atoms with Crippen LogP contribution in [0, 0.1) is 0 Å². The lowest BCUT2D eigenvalue weighted by Crippen LogP contribution is -2.35. The lowest BCUT2D eigenvalue weighted by molar-refractivity contribution is 0.150. The summed E-state index contributed by atoms with van der Waals surface area (Å²) in [5.41, 5.74) is 2.67. The number of piperidine rings is 1. The zero-order valence-corrected chi connectivity index (χ0v) is 15.2. The van der Waals surface area contributed by atoms with E-state index in [1.165, 1.54) is 54.0 Å². The topological polar surface area (TPSA) is 15.3 Å². The van der Waals surface area contributed by atoms with Crippen molar-refractivity contribution in [3.05, 3.63) is 54.1 Å². The summed E-state index contributed by atoms with van der Waals surface area (Å²) >= 11 is 1.84. The summed E-state index contributed by atoms with van der Waals surface area (Å²) < 4.78 is 0. The molecule has 2 nitrogen and oxygen atoms in total. The van der Waals surface area contributed by atoms with Crippen LogP contribution in [0.1, 0.15) is 43.7 Å². The number of anilines is 1. The summed E-state index contributed by atoms with van der Waals surface area (Å²) in [6.45, 7) is 1.30. The van der Waals surface area contributed by atoms with E-state index in [-0.39, 0.29) is 0 Å². The van der Waals surface area contributed by atoms with Crippen LogP contribution in [0.25, 0.3) is 0 Å². The van der Waals surface area contributed by atoms with E-state index >= 15 is 0 Å². The Morgan fingerprint density at radius 2 is 1.58 bits per heavy atom. The van der Waals surface area contributed by atoms with Crippen molar-refractivity contribution < 1.29 is 0 Å². The number of nitrogens with one attached hydrogen (secondary N) is 1. The lowest BCUT2D eigenvalue weighted by atomic mass is 10.0. The first-order valence-corrected chi connectivity index (χ1v) is 9.96. The van der Waals surface area contributed by atoms with E-state index in [0.29, 0.717) is 6.04 Å². The molecule has 24 heavy (non-hydrogen) atoms. The van der Waals surface area contributed by atoms with Crippen LogP contribution >= 0.6 is 11.8 Å². The van der Waals surface area contributed by atoms with E-state index in [0.717, 1.165) is 11.7 Å². The molecule has 2 heterocycles. The number of benzene rings is 2. The standard InChI is InChI=1S/C21H26N2S/c1-22-17-7-12-20(13-8-17)24-19-10-5-16(6-11-19)21-14-9-18-4-2-3-15-23(18)21/h5-8,10-13,18,21-22H,2-4,9,14-15H2,1H3/t18-,21+/m1/s1. The molecule has 2 fully saturated rings. The molecule has 126 valence electrons. The smallest absolute Gasteiger partial charge is 0.0351 e. The van der Waals surface area contributed by atoms with Crippen LogP contribution in [0.15, 0.2) is 58.3 Å². The first kappa shape index (κ1) is 16.0. The molecule has 2 atom stereocenters. The molecule has 2 aromatic carbocycles. The van der Waals surface area contributed by atoms with E-state index in [1.807, 2.05) is 18.8 Å². The van der Waals surface area contributed by atoms with Gasteiger partial charge in [0.2, 0.25) is 0 Å². The zero-order chi connectivity index (χ0) is 16.4. The largest absolute Gasteiger partial charge is 0.388 e. The van der Waals surface area contributed by atoms with Crippen molar-refractivity contribution in [2.45, 2.75) is 54.0 Å². The minimum atomic E-state index is 0.657. The maximum Gasteiger partial charge on any atom is 0.0351 e. The Kier molecular flexibility index (Phi) is 4.81. The van der Waals surface area contributed by atoms with E-state index in [4.69, 9.17) is 0 Å². The molecule has 4 rings (SSSR count). The fourth-order valence-electron chi connectivity index (χ4n) is 4.20. The lowest BCUT2D eigenvalue weighted by Gasteiger charge is -2.34. The van der Waals surface area contributed by atoms with Crippen LogP contribution in [0.2, 0.25) is 0 Å². The van der Waals surface area contributed by atoms with Gasteiger partial charge in [-0.15, -0.1) is 0 Å². The maximum atomic E-state index is 3.17. The minimum absolute atomic E-state index is 0.657. The molecule has 2 aliphatic heterocycles. The van der Waals surface area contributed by atoms with Gasteiger partial charge in [0.15, 0.2) is 0 Å². The Labute approximate surface area is 149 Å². The van der Waals surface area contributed by atoms with Crippen molar-refractivity contribution in [3.8, 4) is 0 Å². The highest BCUT2D eigenvalue weighted by molar-refractivity contribution is 7.99. The molecule has 2 aliphatic rings. The molecular formula is C21H26N2S. The fourth-order valence-corrected chi connectivity index (χ4v) is 5.02. The third-order valence-corrected chi connectivity index (χ3v) is 6.51. The van der Waals surface area contributed by atoms with Gasteiger partial charge in [-0.3, -0.25) is 4.90 Å². The van der Waals surface area contributed by atoms with Crippen molar-refractivity contribution in [2.75, 3.05) is 18.9 Å². The Morgan fingerprint density at radius 1 is 0.875 bits per heavy atom. The Hall–Kier alpha value is -1.45. The summed E-state index contributed by atoms with van der Waals surface area (Å²) in [4.78, 5) is 5.38. The molecule has 3 heteroatoms.